The molecule has 6 nitrogen and oxygen atoms in total. The van der Waals surface area contributed by atoms with Crippen LogP contribution in [0.4, 0.5) is 5.82 Å². The van der Waals surface area contributed by atoms with E-state index in [9.17, 15) is 9.59 Å². The molecule has 2 N–H and O–H groups in total. The molecule has 0 aliphatic carbocycles. The summed E-state index contributed by atoms with van der Waals surface area (Å²) < 4.78 is 1.73. The topological polar surface area (TPSA) is 79.3 Å². The van der Waals surface area contributed by atoms with Crippen LogP contribution in [0.2, 0.25) is 0 Å². The minimum atomic E-state index is -0.321. The van der Waals surface area contributed by atoms with Crippen LogP contribution in [0.25, 0.3) is 16.8 Å². The fraction of sp³-hybridized carbons (Fsp3) is 0.0556. The lowest BCUT2D eigenvalue weighted by atomic mass is 10.1. The first-order chi connectivity index (χ1) is 11.6. The Kier molecular flexibility index (Phi) is 3.16. The van der Waals surface area contributed by atoms with E-state index in [-0.39, 0.29) is 11.5 Å². The molecule has 0 saturated carbocycles. The normalized spacial score (nSPS) is 11.0. The number of aromatic nitrogens is 3. The summed E-state index contributed by atoms with van der Waals surface area (Å²) in [6, 6.07) is 16.2. The lowest BCUT2D eigenvalue weighted by Gasteiger charge is -2.09. The fourth-order valence-corrected chi connectivity index (χ4v) is 2.79. The molecular weight excluding hydrogens is 304 g/mol. The van der Waals surface area contributed by atoms with Gasteiger partial charge in [-0.3, -0.25) is 19.0 Å². The summed E-state index contributed by atoms with van der Waals surface area (Å²) >= 11 is 0. The second-order valence-electron chi connectivity index (χ2n) is 5.55. The fourth-order valence-electron chi connectivity index (χ4n) is 2.79. The molecule has 2 aromatic carbocycles. The summed E-state index contributed by atoms with van der Waals surface area (Å²) in [5, 5.41) is 2.83. The van der Waals surface area contributed by atoms with Crippen LogP contribution in [-0.4, -0.2) is 20.3 Å². The second-order valence-corrected chi connectivity index (χ2v) is 5.55. The summed E-state index contributed by atoms with van der Waals surface area (Å²) in [7, 11) is 0. The van der Waals surface area contributed by atoms with Gasteiger partial charge in [-0.2, -0.15) is 0 Å². The quantitative estimate of drug-likeness (QED) is 0.596. The van der Waals surface area contributed by atoms with Gasteiger partial charge in [0.15, 0.2) is 0 Å². The third kappa shape index (κ3) is 2.25. The highest BCUT2D eigenvalue weighted by Crippen LogP contribution is 2.19. The van der Waals surface area contributed by atoms with E-state index in [1.54, 1.807) is 10.5 Å². The number of nitrogens with one attached hydrogen (secondary N) is 2. The molecule has 0 spiro atoms. The third-order valence-electron chi connectivity index (χ3n) is 3.94. The number of aromatic amines is 1. The molecule has 0 atom stereocenters. The van der Waals surface area contributed by atoms with Gasteiger partial charge in [-0.25, -0.2) is 4.98 Å². The average Bonchev–Trinajstić information content (AvgIpc) is 2.93. The Balaban J connectivity index is 1.89. The largest absolute Gasteiger partial charge is 0.307 e. The van der Waals surface area contributed by atoms with Crippen molar-refractivity contribution < 1.29 is 4.79 Å². The van der Waals surface area contributed by atoms with E-state index in [2.05, 4.69) is 15.3 Å². The van der Waals surface area contributed by atoms with E-state index in [1.807, 2.05) is 49.4 Å². The molecule has 0 radical (unpaired) electrons. The van der Waals surface area contributed by atoms with Crippen LogP contribution in [0.15, 0.2) is 59.4 Å². The summed E-state index contributed by atoms with van der Waals surface area (Å²) in [6.45, 7) is 1.87. The van der Waals surface area contributed by atoms with Crippen molar-refractivity contribution in [3.05, 3.63) is 76.1 Å². The first-order valence-corrected chi connectivity index (χ1v) is 7.51. The number of para-hydroxylation sites is 2. The van der Waals surface area contributed by atoms with Gasteiger partial charge in [-0.05, 0) is 30.7 Å². The van der Waals surface area contributed by atoms with Crippen LogP contribution >= 0.6 is 0 Å². The van der Waals surface area contributed by atoms with Crippen LogP contribution in [0, 0.1) is 6.92 Å². The third-order valence-corrected chi connectivity index (χ3v) is 3.94. The number of amides is 1. The molecule has 1 amide bonds. The van der Waals surface area contributed by atoms with Gasteiger partial charge in [0.25, 0.3) is 11.5 Å². The SMILES string of the molecule is Cc1ccccc1C(=O)Nc1cc(=O)[nH]c2nc3ccccc3n12. The second kappa shape index (κ2) is 5.34. The Labute approximate surface area is 136 Å². The molecule has 24 heavy (non-hydrogen) atoms. The van der Waals surface area contributed by atoms with Crippen molar-refractivity contribution in [2.45, 2.75) is 6.92 Å². The highest BCUT2D eigenvalue weighted by molar-refractivity contribution is 6.05. The number of rotatable bonds is 2. The molecular formula is C18H14N4O2. The van der Waals surface area contributed by atoms with Gasteiger partial charge in [0.2, 0.25) is 5.78 Å². The zero-order valence-electron chi connectivity index (χ0n) is 12.9. The maximum absolute atomic E-state index is 12.6. The van der Waals surface area contributed by atoms with Crippen molar-refractivity contribution in [3.63, 3.8) is 0 Å². The number of hydrogen-bond donors (Lipinski definition) is 2. The lowest BCUT2D eigenvalue weighted by molar-refractivity contribution is 0.102. The van der Waals surface area contributed by atoms with Crippen molar-refractivity contribution in [1.29, 1.82) is 0 Å². The zero-order valence-corrected chi connectivity index (χ0v) is 12.9. The number of carbonyl (C=O) groups is 1. The van der Waals surface area contributed by atoms with Crippen LogP contribution in [-0.2, 0) is 0 Å². The first-order valence-electron chi connectivity index (χ1n) is 7.51. The average molecular weight is 318 g/mol. The van der Waals surface area contributed by atoms with Crippen LogP contribution in [0.3, 0.4) is 0 Å². The van der Waals surface area contributed by atoms with Crippen molar-refractivity contribution in [2.75, 3.05) is 5.32 Å². The van der Waals surface area contributed by atoms with Gasteiger partial charge < -0.3 is 5.32 Å². The van der Waals surface area contributed by atoms with Gasteiger partial charge in [0.1, 0.15) is 5.82 Å². The molecule has 0 saturated heterocycles. The summed E-state index contributed by atoms with van der Waals surface area (Å²) in [5.41, 5.74) is 2.66. The molecule has 6 heteroatoms. The molecule has 2 aromatic heterocycles. The number of nitrogens with zero attached hydrogens (tertiary/aromatic N) is 2. The molecule has 4 aromatic rings. The zero-order chi connectivity index (χ0) is 16.7. The predicted molar refractivity (Wildman–Crippen MR) is 92.5 cm³/mol. The molecule has 0 fully saturated rings. The highest BCUT2D eigenvalue weighted by atomic mass is 16.2. The monoisotopic (exact) mass is 318 g/mol. The number of H-pyrrole nitrogens is 1. The van der Waals surface area contributed by atoms with Crippen molar-refractivity contribution in [1.82, 2.24) is 14.4 Å². The molecule has 0 unspecified atom stereocenters. The van der Waals surface area contributed by atoms with Gasteiger partial charge >= 0.3 is 0 Å². The highest BCUT2D eigenvalue weighted by Gasteiger charge is 2.14. The Morgan fingerprint density at radius 3 is 2.71 bits per heavy atom. The number of benzene rings is 2. The molecule has 4 rings (SSSR count). The molecule has 0 aliphatic rings. The predicted octanol–water partition coefficient (Wildman–Crippen LogP) is 2.74. The number of imidazole rings is 1. The smallest absolute Gasteiger partial charge is 0.257 e. The number of aryl methyl sites for hydroxylation is 1. The summed E-state index contributed by atoms with van der Waals surface area (Å²) in [6.07, 6.45) is 0. The van der Waals surface area contributed by atoms with Gasteiger partial charge in [-0.1, -0.05) is 30.3 Å². The first kappa shape index (κ1) is 14.2. The van der Waals surface area contributed by atoms with Gasteiger partial charge in [0.05, 0.1) is 11.0 Å². The summed E-state index contributed by atoms with van der Waals surface area (Å²) in [4.78, 5) is 31.6. The van der Waals surface area contributed by atoms with E-state index in [0.717, 1.165) is 16.6 Å². The van der Waals surface area contributed by atoms with E-state index >= 15 is 0 Å². The minimum absolute atomic E-state index is 0.266. The van der Waals surface area contributed by atoms with Crippen molar-refractivity contribution in [3.8, 4) is 0 Å². The Morgan fingerprint density at radius 1 is 1.12 bits per heavy atom. The molecule has 0 aliphatic heterocycles. The Bertz CT molecular complexity index is 1140. The number of hydrogen-bond acceptors (Lipinski definition) is 3. The number of carbonyl (C=O) groups excluding carboxylic acids is 1. The van der Waals surface area contributed by atoms with E-state index in [4.69, 9.17) is 0 Å². The van der Waals surface area contributed by atoms with Crippen LogP contribution in [0.5, 0.6) is 0 Å². The lowest BCUT2D eigenvalue weighted by Crippen LogP contribution is -2.18. The standard InChI is InChI=1S/C18H14N4O2/c1-11-6-2-3-7-12(11)17(24)20-15-10-16(23)21-18-19-13-8-4-5-9-14(13)22(15)18/h2-10H,1H3,(H,20,24)(H,19,21,23). The minimum Gasteiger partial charge on any atom is -0.307 e. The Morgan fingerprint density at radius 2 is 1.88 bits per heavy atom. The summed E-state index contributed by atoms with van der Waals surface area (Å²) in [5.74, 6) is 0.511. The van der Waals surface area contributed by atoms with Gasteiger partial charge in [0, 0.05) is 11.6 Å². The molecule has 118 valence electrons. The van der Waals surface area contributed by atoms with Gasteiger partial charge in [-0.15, -0.1) is 0 Å². The van der Waals surface area contributed by atoms with E-state index in [0.29, 0.717) is 17.2 Å². The molecule has 0 bridgehead atoms. The maximum atomic E-state index is 12.6. The number of fused-ring (bicyclic) bond motifs is 3. The van der Waals surface area contributed by atoms with Crippen LogP contribution in [0.1, 0.15) is 15.9 Å². The Hall–Kier alpha value is -3.41. The van der Waals surface area contributed by atoms with Crippen LogP contribution < -0.4 is 10.9 Å². The molecule has 2 heterocycles. The van der Waals surface area contributed by atoms with E-state index < -0.39 is 0 Å². The van der Waals surface area contributed by atoms with Crippen molar-refractivity contribution >= 4 is 28.5 Å². The van der Waals surface area contributed by atoms with E-state index in [1.165, 1.54) is 6.07 Å². The number of anilines is 1. The maximum Gasteiger partial charge on any atom is 0.257 e. The van der Waals surface area contributed by atoms with Crippen molar-refractivity contribution in [2.24, 2.45) is 0 Å².